The van der Waals surface area contributed by atoms with Crippen molar-refractivity contribution in [2.75, 3.05) is 0 Å². The van der Waals surface area contributed by atoms with E-state index in [9.17, 15) is 0 Å². The number of hydrogen-bond donors (Lipinski definition) is 0. The molecule has 11 aromatic rings. The number of hydrogen-bond acceptors (Lipinski definition) is 2. The van der Waals surface area contributed by atoms with Crippen molar-refractivity contribution in [3.05, 3.63) is 146 Å². The first-order valence-corrected chi connectivity index (χ1v) is 15.8. The van der Waals surface area contributed by atoms with Crippen LogP contribution in [0.15, 0.2) is 154 Å². The van der Waals surface area contributed by atoms with Gasteiger partial charge in [0.25, 0.3) is 0 Å². The monoisotopic (exact) mass is 584 g/mol. The van der Waals surface area contributed by atoms with Gasteiger partial charge in [0.05, 0.1) is 0 Å². The third-order valence-corrected chi connectivity index (χ3v) is 10.00. The van der Waals surface area contributed by atoms with Crippen molar-refractivity contribution in [2.45, 2.75) is 0 Å². The first-order valence-electron chi connectivity index (χ1n) is 15.8. The van der Waals surface area contributed by atoms with E-state index in [-0.39, 0.29) is 0 Å². The van der Waals surface area contributed by atoms with Gasteiger partial charge in [-0.25, -0.2) is 0 Å². The summed E-state index contributed by atoms with van der Waals surface area (Å²) < 4.78 is 13.1. The maximum absolute atomic E-state index is 6.65. The van der Waals surface area contributed by atoms with Gasteiger partial charge in [0, 0.05) is 21.5 Å². The SMILES string of the molecule is c1ccc2c(-c3c4ccccc4c(-c4cc5cccc6oc7c8oc9ccccc9c8cc4c7c56)c4ccccc34)cccc2c1. The Bertz CT molecular complexity index is 2960. The molecule has 0 spiro atoms. The summed E-state index contributed by atoms with van der Waals surface area (Å²) in [5.74, 6) is 0. The van der Waals surface area contributed by atoms with Crippen LogP contribution in [0, 0.1) is 0 Å². The van der Waals surface area contributed by atoms with E-state index in [4.69, 9.17) is 8.83 Å². The van der Waals surface area contributed by atoms with Crippen molar-refractivity contribution in [3.8, 4) is 22.3 Å². The highest BCUT2D eigenvalue weighted by molar-refractivity contribution is 6.34. The predicted molar refractivity (Wildman–Crippen MR) is 193 cm³/mol. The minimum absolute atomic E-state index is 0.810. The largest absolute Gasteiger partial charge is 0.452 e. The molecule has 0 bridgehead atoms. The molecule has 2 nitrogen and oxygen atoms in total. The van der Waals surface area contributed by atoms with Crippen LogP contribution < -0.4 is 0 Å². The Labute approximate surface area is 263 Å². The molecule has 0 saturated heterocycles. The molecule has 212 valence electrons. The van der Waals surface area contributed by atoms with Crippen LogP contribution in [0.25, 0.3) is 109 Å². The lowest BCUT2D eigenvalue weighted by atomic mass is 9.83. The molecule has 0 amide bonds. The second-order valence-electron chi connectivity index (χ2n) is 12.4. The number of fused-ring (bicyclic) bond motifs is 7. The van der Waals surface area contributed by atoms with Crippen LogP contribution in [0.4, 0.5) is 0 Å². The van der Waals surface area contributed by atoms with Crippen LogP contribution in [0.2, 0.25) is 0 Å². The van der Waals surface area contributed by atoms with Gasteiger partial charge in [-0.2, -0.15) is 0 Å². The van der Waals surface area contributed by atoms with Crippen LogP contribution >= 0.6 is 0 Å². The van der Waals surface area contributed by atoms with Crippen molar-refractivity contribution in [1.82, 2.24) is 0 Å². The summed E-state index contributed by atoms with van der Waals surface area (Å²) in [5, 5.41) is 14.3. The normalized spacial score (nSPS) is 12.3. The van der Waals surface area contributed by atoms with Crippen LogP contribution in [-0.4, -0.2) is 0 Å². The molecule has 0 N–H and O–H groups in total. The van der Waals surface area contributed by atoms with Crippen molar-refractivity contribution in [3.63, 3.8) is 0 Å². The number of furan rings is 2. The summed E-state index contributed by atoms with van der Waals surface area (Å²) in [6, 6.07) is 52.6. The fraction of sp³-hybridized carbons (Fsp3) is 0. The molecule has 0 aliphatic carbocycles. The molecule has 9 aromatic carbocycles. The fourth-order valence-electron chi connectivity index (χ4n) is 8.11. The standard InChI is InChI=1S/C44H24O2/c1-2-14-27-25(11-1)12-9-20-29(27)40-30-16-3-5-18-32(30)41(33-19-6-4-17-31(33)40)34-23-26-13-10-22-38-39(26)42-35(34)24-36-28-15-7-8-21-37(28)45-43(36)44(42)46-38/h1-24H. The molecular weight excluding hydrogens is 560 g/mol. The Morgan fingerprint density at radius 2 is 0.848 bits per heavy atom. The van der Waals surface area contributed by atoms with Crippen LogP contribution in [0.3, 0.4) is 0 Å². The zero-order valence-corrected chi connectivity index (χ0v) is 24.7. The van der Waals surface area contributed by atoms with Gasteiger partial charge in [-0.15, -0.1) is 0 Å². The van der Waals surface area contributed by atoms with E-state index in [0.29, 0.717) is 0 Å². The highest BCUT2D eigenvalue weighted by Gasteiger charge is 2.25. The van der Waals surface area contributed by atoms with E-state index >= 15 is 0 Å². The topological polar surface area (TPSA) is 26.3 Å². The summed E-state index contributed by atoms with van der Waals surface area (Å²) in [5.41, 5.74) is 8.36. The molecule has 0 unspecified atom stereocenters. The molecule has 0 saturated carbocycles. The van der Waals surface area contributed by atoms with Gasteiger partial charge in [0.2, 0.25) is 0 Å². The van der Waals surface area contributed by atoms with E-state index in [1.54, 1.807) is 0 Å². The van der Waals surface area contributed by atoms with Crippen LogP contribution in [0.5, 0.6) is 0 Å². The van der Waals surface area contributed by atoms with E-state index in [2.05, 4.69) is 133 Å². The summed E-state index contributed by atoms with van der Waals surface area (Å²) >= 11 is 0. The molecule has 11 rings (SSSR count). The van der Waals surface area contributed by atoms with Gasteiger partial charge in [-0.3, -0.25) is 0 Å². The molecule has 0 aliphatic rings. The quantitative estimate of drug-likeness (QED) is 0.149. The average Bonchev–Trinajstić information content (AvgIpc) is 3.69. The lowest BCUT2D eigenvalue weighted by Gasteiger charge is -2.20. The molecule has 0 aliphatic heterocycles. The van der Waals surface area contributed by atoms with E-state index in [0.717, 1.165) is 43.9 Å². The minimum atomic E-state index is 0.810. The molecule has 0 fully saturated rings. The van der Waals surface area contributed by atoms with Crippen molar-refractivity contribution < 1.29 is 8.83 Å². The maximum Gasteiger partial charge on any atom is 0.179 e. The summed E-state index contributed by atoms with van der Waals surface area (Å²) in [6.45, 7) is 0. The Balaban J connectivity index is 1.37. The summed E-state index contributed by atoms with van der Waals surface area (Å²) in [4.78, 5) is 0. The first kappa shape index (κ1) is 24.2. The molecular formula is C44H24O2. The van der Waals surface area contributed by atoms with Crippen LogP contribution in [-0.2, 0) is 0 Å². The lowest BCUT2D eigenvalue weighted by Crippen LogP contribution is -1.92. The van der Waals surface area contributed by atoms with E-state index in [1.165, 1.54) is 65.3 Å². The van der Waals surface area contributed by atoms with Crippen molar-refractivity contribution >= 4 is 87.0 Å². The Hall–Kier alpha value is -6.12. The fourth-order valence-corrected chi connectivity index (χ4v) is 8.11. The third kappa shape index (κ3) is 3.05. The van der Waals surface area contributed by atoms with Gasteiger partial charge in [0.15, 0.2) is 11.2 Å². The molecule has 2 aromatic heterocycles. The maximum atomic E-state index is 6.65. The number of para-hydroxylation sites is 1. The second kappa shape index (κ2) is 8.74. The van der Waals surface area contributed by atoms with E-state index < -0.39 is 0 Å². The Kier molecular flexibility index (Phi) is 4.61. The Morgan fingerprint density at radius 3 is 1.61 bits per heavy atom. The highest BCUT2D eigenvalue weighted by atomic mass is 16.4. The number of benzene rings is 9. The van der Waals surface area contributed by atoms with Gasteiger partial charge in [0.1, 0.15) is 11.2 Å². The van der Waals surface area contributed by atoms with Crippen molar-refractivity contribution in [2.24, 2.45) is 0 Å². The lowest BCUT2D eigenvalue weighted by molar-refractivity contribution is 0.633. The smallest absolute Gasteiger partial charge is 0.179 e. The summed E-state index contributed by atoms with van der Waals surface area (Å²) in [7, 11) is 0. The van der Waals surface area contributed by atoms with Gasteiger partial charge >= 0.3 is 0 Å². The first-order chi connectivity index (χ1) is 22.8. The van der Waals surface area contributed by atoms with Crippen molar-refractivity contribution in [1.29, 1.82) is 0 Å². The number of rotatable bonds is 2. The average molecular weight is 585 g/mol. The molecule has 46 heavy (non-hydrogen) atoms. The highest BCUT2D eigenvalue weighted by Crippen LogP contribution is 2.51. The predicted octanol–water partition coefficient (Wildman–Crippen LogP) is 12.9. The molecule has 0 radical (unpaired) electrons. The Morgan fingerprint density at radius 1 is 0.304 bits per heavy atom. The molecule has 2 heteroatoms. The van der Waals surface area contributed by atoms with Gasteiger partial charge in [-0.1, -0.05) is 121 Å². The summed E-state index contributed by atoms with van der Waals surface area (Å²) in [6.07, 6.45) is 0. The molecule has 0 atom stereocenters. The van der Waals surface area contributed by atoms with Gasteiger partial charge in [-0.05, 0) is 89.6 Å². The van der Waals surface area contributed by atoms with Crippen LogP contribution in [0.1, 0.15) is 0 Å². The second-order valence-corrected chi connectivity index (χ2v) is 12.4. The molecule has 2 heterocycles. The zero-order valence-electron chi connectivity index (χ0n) is 24.7. The zero-order chi connectivity index (χ0) is 29.9. The minimum Gasteiger partial charge on any atom is -0.452 e. The van der Waals surface area contributed by atoms with Gasteiger partial charge < -0.3 is 8.83 Å². The van der Waals surface area contributed by atoms with E-state index in [1.807, 2.05) is 12.1 Å². The third-order valence-electron chi connectivity index (χ3n) is 10.00.